The summed E-state index contributed by atoms with van der Waals surface area (Å²) in [6, 6.07) is 10.0. The smallest absolute Gasteiger partial charge is 0.322 e. The van der Waals surface area contributed by atoms with Crippen molar-refractivity contribution in [2.24, 2.45) is 5.73 Å². The molecular formula is C21H25N5O2. The van der Waals surface area contributed by atoms with E-state index in [4.69, 9.17) is 10.5 Å². The number of pyridine rings is 1. The van der Waals surface area contributed by atoms with Crippen LogP contribution in [0.1, 0.15) is 31.9 Å². The Bertz CT molecular complexity index is 908. The van der Waals surface area contributed by atoms with Crippen molar-refractivity contribution in [3.8, 4) is 17.0 Å². The molecule has 3 heterocycles. The predicted molar refractivity (Wildman–Crippen MR) is 109 cm³/mol. The highest BCUT2D eigenvalue weighted by molar-refractivity contribution is 5.84. The van der Waals surface area contributed by atoms with Gasteiger partial charge in [0.25, 0.3) is 0 Å². The summed E-state index contributed by atoms with van der Waals surface area (Å²) >= 11 is 0. The van der Waals surface area contributed by atoms with Gasteiger partial charge in [-0.05, 0) is 50.6 Å². The first kappa shape index (κ1) is 18.3. The van der Waals surface area contributed by atoms with E-state index in [1.165, 1.54) is 0 Å². The van der Waals surface area contributed by atoms with E-state index in [0.717, 1.165) is 34.5 Å². The number of aromatic nitrogens is 1. The van der Waals surface area contributed by atoms with Crippen molar-refractivity contribution in [2.75, 3.05) is 18.5 Å². The van der Waals surface area contributed by atoms with Gasteiger partial charge in [0.05, 0.1) is 12.3 Å². The van der Waals surface area contributed by atoms with Crippen LogP contribution in [-0.2, 0) is 0 Å². The van der Waals surface area contributed by atoms with Crippen LogP contribution in [0.5, 0.6) is 5.88 Å². The third kappa shape index (κ3) is 3.29. The molecule has 1 aromatic carbocycles. The van der Waals surface area contributed by atoms with Crippen molar-refractivity contribution >= 4 is 11.7 Å². The molecule has 1 fully saturated rings. The first-order valence-electron chi connectivity index (χ1n) is 9.57. The maximum absolute atomic E-state index is 12.4. The Balaban J connectivity index is 1.63. The van der Waals surface area contributed by atoms with E-state index in [1.54, 1.807) is 0 Å². The molecule has 0 spiro atoms. The van der Waals surface area contributed by atoms with Crippen molar-refractivity contribution in [2.45, 2.75) is 32.4 Å². The second-order valence-electron chi connectivity index (χ2n) is 7.26. The van der Waals surface area contributed by atoms with E-state index in [2.05, 4.69) is 27.8 Å². The Hall–Kier alpha value is -3.06. The summed E-state index contributed by atoms with van der Waals surface area (Å²) in [6.45, 7) is 5.22. The molecule has 0 radical (unpaired) electrons. The van der Waals surface area contributed by atoms with Crippen molar-refractivity contribution in [1.29, 1.82) is 0 Å². The molecular weight excluding hydrogens is 354 g/mol. The molecule has 0 aliphatic carbocycles. The summed E-state index contributed by atoms with van der Waals surface area (Å²) in [5.74, 6) is 0.596. The number of ether oxygens (including phenoxy) is 1. The summed E-state index contributed by atoms with van der Waals surface area (Å²) in [4.78, 5) is 18.7. The normalized spacial score (nSPS) is 17.6. The number of hydrogen-bond donors (Lipinski definition) is 3. The first-order valence-corrected chi connectivity index (χ1v) is 9.57. The van der Waals surface area contributed by atoms with E-state index < -0.39 is 0 Å². The van der Waals surface area contributed by atoms with Crippen LogP contribution in [0, 0.1) is 0 Å². The molecule has 146 valence electrons. The van der Waals surface area contributed by atoms with E-state index in [9.17, 15) is 4.79 Å². The Morgan fingerprint density at radius 3 is 2.79 bits per heavy atom. The van der Waals surface area contributed by atoms with Crippen LogP contribution in [0.25, 0.3) is 11.1 Å². The third-order valence-electron chi connectivity index (χ3n) is 5.01. The van der Waals surface area contributed by atoms with Crippen LogP contribution in [-0.4, -0.2) is 35.1 Å². The zero-order valence-electron chi connectivity index (χ0n) is 16.1. The molecule has 1 unspecified atom stereocenters. The van der Waals surface area contributed by atoms with Gasteiger partial charge in [0, 0.05) is 41.3 Å². The quantitative estimate of drug-likeness (QED) is 0.670. The number of fused-ring (bicyclic) bond motifs is 3. The van der Waals surface area contributed by atoms with Crippen molar-refractivity contribution in [3.63, 3.8) is 0 Å². The SMILES string of the molecule is CC(C)N1C(=O)NC2=CNc3ccc(-c4ccc(OCCCN)nc4)cc3C21. The molecule has 7 heteroatoms. The van der Waals surface area contributed by atoms with Gasteiger partial charge in [-0.25, -0.2) is 9.78 Å². The largest absolute Gasteiger partial charge is 0.478 e. The lowest BCUT2D eigenvalue weighted by molar-refractivity contribution is 0.188. The lowest BCUT2D eigenvalue weighted by atomic mass is 9.94. The minimum Gasteiger partial charge on any atom is -0.478 e. The average Bonchev–Trinajstić information content (AvgIpc) is 3.05. The van der Waals surface area contributed by atoms with Crippen molar-refractivity contribution in [1.82, 2.24) is 15.2 Å². The Kier molecular flexibility index (Phi) is 4.92. The number of nitrogens with zero attached hydrogens (tertiary/aromatic N) is 2. The maximum atomic E-state index is 12.4. The Labute approximate surface area is 164 Å². The highest BCUT2D eigenvalue weighted by atomic mass is 16.5. The molecule has 0 saturated carbocycles. The van der Waals surface area contributed by atoms with Gasteiger partial charge in [0.15, 0.2) is 0 Å². The van der Waals surface area contributed by atoms with Crippen LogP contribution in [0.4, 0.5) is 10.5 Å². The fourth-order valence-electron chi connectivity index (χ4n) is 3.64. The van der Waals surface area contributed by atoms with Crippen molar-refractivity contribution < 1.29 is 9.53 Å². The van der Waals surface area contributed by atoms with Crippen LogP contribution in [0.15, 0.2) is 48.4 Å². The number of anilines is 1. The Morgan fingerprint density at radius 1 is 1.25 bits per heavy atom. The van der Waals surface area contributed by atoms with Gasteiger partial charge >= 0.3 is 6.03 Å². The molecule has 4 rings (SSSR count). The van der Waals surface area contributed by atoms with Crippen LogP contribution in [0.2, 0.25) is 0 Å². The zero-order chi connectivity index (χ0) is 19.7. The summed E-state index contributed by atoms with van der Waals surface area (Å²) in [5, 5.41) is 6.25. The number of nitrogens with two attached hydrogens (primary N) is 1. The fourth-order valence-corrected chi connectivity index (χ4v) is 3.64. The minimum atomic E-state index is -0.101. The highest BCUT2D eigenvalue weighted by Crippen LogP contribution is 2.42. The molecule has 2 aliphatic rings. The van der Waals surface area contributed by atoms with Gasteiger partial charge in [-0.2, -0.15) is 0 Å². The van der Waals surface area contributed by atoms with Gasteiger partial charge in [0.1, 0.15) is 6.04 Å². The summed E-state index contributed by atoms with van der Waals surface area (Å²) < 4.78 is 5.58. The summed E-state index contributed by atoms with van der Waals surface area (Å²) in [7, 11) is 0. The molecule has 2 aromatic rings. The number of rotatable bonds is 6. The zero-order valence-corrected chi connectivity index (χ0v) is 16.1. The highest BCUT2D eigenvalue weighted by Gasteiger charge is 2.40. The van der Waals surface area contributed by atoms with Gasteiger partial charge < -0.3 is 26.0 Å². The fraction of sp³-hybridized carbons (Fsp3) is 0.333. The third-order valence-corrected chi connectivity index (χ3v) is 5.01. The monoisotopic (exact) mass is 379 g/mol. The van der Waals surface area contributed by atoms with Gasteiger partial charge in [-0.3, -0.25) is 0 Å². The Morgan fingerprint density at radius 2 is 2.07 bits per heavy atom. The molecule has 1 aromatic heterocycles. The average molecular weight is 379 g/mol. The van der Waals surface area contributed by atoms with E-state index in [-0.39, 0.29) is 18.1 Å². The summed E-state index contributed by atoms with van der Waals surface area (Å²) in [5.41, 5.74) is 10.5. The maximum Gasteiger partial charge on any atom is 0.322 e. The molecule has 7 nitrogen and oxygen atoms in total. The second kappa shape index (κ2) is 7.52. The minimum absolute atomic E-state index is 0.0630. The molecule has 2 amide bonds. The van der Waals surface area contributed by atoms with Gasteiger partial charge in [-0.1, -0.05) is 6.07 Å². The van der Waals surface area contributed by atoms with Gasteiger partial charge in [0.2, 0.25) is 5.88 Å². The predicted octanol–water partition coefficient (Wildman–Crippen LogP) is 3.22. The summed E-state index contributed by atoms with van der Waals surface area (Å²) in [6.07, 6.45) is 4.49. The number of urea groups is 1. The molecule has 1 saturated heterocycles. The lowest BCUT2D eigenvalue weighted by Gasteiger charge is -2.31. The molecule has 0 bridgehead atoms. The van der Waals surface area contributed by atoms with Crippen molar-refractivity contribution in [3.05, 3.63) is 54.0 Å². The second-order valence-corrected chi connectivity index (χ2v) is 7.26. The first-order chi connectivity index (χ1) is 13.6. The molecule has 1 atom stereocenters. The number of carbonyl (C=O) groups excluding carboxylic acids is 1. The molecule has 2 aliphatic heterocycles. The lowest BCUT2D eigenvalue weighted by Crippen LogP contribution is -2.36. The van der Waals surface area contributed by atoms with E-state index in [0.29, 0.717) is 19.0 Å². The molecule has 28 heavy (non-hydrogen) atoms. The van der Waals surface area contributed by atoms with E-state index in [1.807, 2.05) is 49.3 Å². The standard InChI is InChI=1S/C21H25N5O2/c1-13(2)26-20-16-10-14(4-6-17(16)23-12-18(20)25-21(26)27)15-5-7-19(24-11-15)28-9-3-8-22/h4-7,10-13,20,23H,3,8-9,22H2,1-2H3,(H,25,27). The number of benzene rings is 1. The number of nitrogens with one attached hydrogen (secondary N) is 2. The van der Waals surface area contributed by atoms with E-state index >= 15 is 0 Å². The van der Waals surface area contributed by atoms with Crippen LogP contribution in [0.3, 0.4) is 0 Å². The number of hydrogen-bond acceptors (Lipinski definition) is 5. The topological polar surface area (TPSA) is 92.5 Å². The van der Waals surface area contributed by atoms with Crippen LogP contribution < -0.4 is 21.1 Å². The number of carbonyl (C=O) groups is 1. The molecule has 4 N–H and O–H groups in total. The number of amides is 2. The van der Waals surface area contributed by atoms with Crippen LogP contribution >= 0.6 is 0 Å². The van der Waals surface area contributed by atoms with Gasteiger partial charge in [-0.15, -0.1) is 0 Å².